The zero-order valence-electron chi connectivity index (χ0n) is 9.28. The number of rotatable bonds is 3. The van der Waals surface area contributed by atoms with Crippen LogP contribution in [0.1, 0.15) is 35.9 Å². The van der Waals surface area contributed by atoms with E-state index in [1.165, 1.54) is 30.6 Å². The summed E-state index contributed by atoms with van der Waals surface area (Å²) in [4.78, 5) is 17.8. The summed E-state index contributed by atoms with van der Waals surface area (Å²) in [6.07, 6.45) is 4.49. The highest BCUT2D eigenvalue weighted by molar-refractivity contribution is 7.17. The number of carbonyl (C=O) groups excluding carboxylic acids is 1. The van der Waals surface area contributed by atoms with Gasteiger partial charge in [0.05, 0.1) is 0 Å². The smallest absolute Gasteiger partial charge is 0.187 e. The number of carbonyl (C=O) groups is 1. The van der Waals surface area contributed by atoms with E-state index in [2.05, 4.69) is 16.8 Å². The van der Waals surface area contributed by atoms with E-state index in [0.717, 1.165) is 30.4 Å². The molecule has 1 saturated heterocycles. The number of piperidine rings is 1. The van der Waals surface area contributed by atoms with E-state index in [-0.39, 0.29) is 0 Å². The van der Waals surface area contributed by atoms with Crippen molar-refractivity contribution in [2.75, 3.05) is 18.0 Å². The summed E-state index contributed by atoms with van der Waals surface area (Å²) >= 11 is 7.27. The van der Waals surface area contributed by atoms with Gasteiger partial charge in [-0.05, 0) is 18.8 Å². The molecule has 5 heteroatoms. The normalized spacial score (nSPS) is 21.1. The van der Waals surface area contributed by atoms with Gasteiger partial charge < -0.3 is 4.90 Å². The maximum atomic E-state index is 10.7. The molecule has 88 valence electrons. The van der Waals surface area contributed by atoms with Crippen molar-refractivity contribution < 1.29 is 4.79 Å². The average molecular weight is 259 g/mol. The molecule has 1 aliphatic rings. The van der Waals surface area contributed by atoms with Crippen molar-refractivity contribution in [1.82, 2.24) is 4.98 Å². The Morgan fingerprint density at radius 2 is 2.50 bits per heavy atom. The van der Waals surface area contributed by atoms with Crippen LogP contribution < -0.4 is 4.90 Å². The molecule has 0 aromatic carbocycles. The first-order valence-electron chi connectivity index (χ1n) is 5.61. The third-order valence-corrected chi connectivity index (χ3v) is 4.51. The van der Waals surface area contributed by atoms with Crippen LogP contribution in [0.3, 0.4) is 0 Å². The maximum absolute atomic E-state index is 10.7. The van der Waals surface area contributed by atoms with Crippen LogP contribution in [0.4, 0.5) is 5.13 Å². The average Bonchev–Trinajstić information content (AvgIpc) is 2.71. The zero-order chi connectivity index (χ0) is 11.5. The first-order valence-corrected chi connectivity index (χ1v) is 6.80. The molecule has 1 fully saturated rings. The Labute approximate surface area is 104 Å². The summed E-state index contributed by atoms with van der Waals surface area (Å²) in [6.45, 7) is 4.29. The topological polar surface area (TPSA) is 33.2 Å². The lowest BCUT2D eigenvalue weighted by Gasteiger charge is -2.31. The molecule has 0 saturated carbocycles. The third-order valence-electron chi connectivity index (χ3n) is 3.07. The minimum atomic E-state index is 0.341. The molecule has 2 heterocycles. The molecular formula is C11H15ClN2OS. The molecule has 2 rings (SSSR count). The Balaban J connectivity index is 2.13. The fraction of sp³-hybridized carbons (Fsp3) is 0.636. The Kier molecular flexibility index (Phi) is 3.82. The molecule has 0 aliphatic carbocycles. The molecule has 1 unspecified atom stereocenters. The number of nitrogens with zero attached hydrogens (tertiary/aromatic N) is 2. The van der Waals surface area contributed by atoms with Crippen LogP contribution in [-0.2, 0) is 0 Å². The minimum Gasteiger partial charge on any atom is -0.348 e. The second-order valence-electron chi connectivity index (χ2n) is 4.13. The van der Waals surface area contributed by atoms with Gasteiger partial charge in [0.15, 0.2) is 16.6 Å². The van der Waals surface area contributed by atoms with Gasteiger partial charge >= 0.3 is 0 Å². The molecule has 3 nitrogen and oxygen atoms in total. The van der Waals surface area contributed by atoms with E-state index in [1.807, 2.05) is 0 Å². The van der Waals surface area contributed by atoms with Gasteiger partial charge in [-0.1, -0.05) is 36.3 Å². The molecule has 1 aromatic heterocycles. The molecule has 0 N–H and O–H groups in total. The third kappa shape index (κ3) is 2.38. The standard InChI is InChI=1S/C11H15ClN2OS/c1-2-8-4-3-5-14(6-8)11-13-10(12)9(7-15)16-11/h7-8H,2-6H2,1H3. The Hall–Kier alpha value is -0.610. The van der Waals surface area contributed by atoms with Gasteiger partial charge in [0, 0.05) is 13.1 Å². The molecule has 0 bridgehead atoms. The van der Waals surface area contributed by atoms with Crippen molar-refractivity contribution in [1.29, 1.82) is 0 Å². The summed E-state index contributed by atoms with van der Waals surface area (Å²) in [5.74, 6) is 0.746. The molecule has 0 radical (unpaired) electrons. The molecule has 16 heavy (non-hydrogen) atoms. The fourth-order valence-corrected chi connectivity index (χ4v) is 3.18. The number of halogens is 1. The molecule has 0 spiro atoms. The minimum absolute atomic E-state index is 0.341. The highest BCUT2D eigenvalue weighted by Crippen LogP contribution is 2.31. The lowest BCUT2D eigenvalue weighted by Crippen LogP contribution is -2.35. The quantitative estimate of drug-likeness (QED) is 0.781. The van der Waals surface area contributed by atoms with Gasteiger partial charge in [-0.3, -0.25) is 4.79 Å². The predicted molar refractivity (Wildman–Crippen MR) is 67.7 cm³/mol. The maximum Gasteiger partial charge on any atom is 0.187 e. The van der Waals surface area contributed by atoms with Crippen molar-refractivity contribution in [3.8, 4) is 0 Å². The highest BCUT2D eigenvalue weighted by Gasteiger charge is 2.22. The number of aromatic nitrogens is 1. The van der Waals surface area contributed by atoms with E-state index >= 15 is 0 Å². The number of hydrogen-bond donors (Lipinski definition) is 0. The summed E-state index contributed by atoms with van der Waals surface area (Å²) in [6, 6.07) is 0. The van der Waals surface area contributed by atoms with Gasteiger partial charge in [-0.15, -0.1) is 0 Å². The zero-order valence-corrected chi connectivity index (χ0v) is 10.9. The van der Waals surface area contributed by atoms with Crippen molar-refractivity contribution in [3.05, 3.63) is 10.0 Å². The van der Waals surface area contributed by atoms with Gasteiger partial charge in [0.25, 0.3) is 0 Å². The summed E-state index contributed by atoms with van der Waals surface area (Å²) < 4.78 is 0. The molecule has 1 atom stereocenters. The number of aldehydes is 1. The van der Waals surface area contributed by atoms with Crippen LogP contribution >= 0.6 is 22.9 Å². The monoisotopic (exact) mass is 258 g/mol. The molecule has 0 amide bonds. The van der Waals surface area contributed by atoms with E-state index < -0.39 is 0 Å². The van der Waals surface area contributed by atoms with E-state index in [1.54, 1.807) is 0 Å². The van der Waals surface area contributed by atoms with Gasteiger partial charge in [-0.2, -0.15) is 0 Å². The van der Waals surface area contributed by atoms with Crippen LogP contribution in [0, 0.1) is 5.92 Å². The van der Waals surface area contributed by atoms with Crippen LogP contribution in [-0.4, -0.2) is 24.4 Å². The Morgan fingerprint density at radius 3 is 3.12 bits per heavy atom. The SMILES string of the molecule is CCC1CCCN(c2nc(Cl)c(C=O)s2)C1. The van der Waals surface area contributed by atoms with Crippen molar-refractivity contribution in [2.24, 2.45) is 5.92 Å². The summed E-state index contributed by atoms with van der Waals surface area (Å²) in [7, 11) is 0. The van der Waals surface area contributed by atoms with Gasteiger partial charge in [-0.25, -0.2) is 4.98 Å². The van der Waals surface area contributed by atoms with Crippen molar-refractivity contribution >= 4 is 34.4 Å². The lowest BCUT2D eigenvalue weighted by molar-refractivity contribution is 0.112. The number of thiazole rings is 1. The summed E-state index contributed by atoms with van der Waals surface area (Å²) in [5.41, 5.74) is 0. The van der Waals surface area contributed by atoms with E-state index in [9.17, 15) is 4.79 Å². The van der Waals surface area contributed by atoms with Crippen LogP contribution in [0.15, 0.2) is 0 Å². The van der Waals surface area contributed by atoms with Crippen LogP contribution in [0.25, 0.3) is 0 Å². The second kappa shape index (κ2) is 5.15. The van der Waals surface area contributed by atoms with Gasteiger partial charge in [0.1, 0.15) is 4.88 Å². The first kappa shape index (κ1) is 11.9. The fourth-order valence-electron chi connectivity index (χ4n) is 2.08. The number of hydrogen-bond acceptors (Lipinski definition) is 4. The number of anilines is 1. The highest BCUT2D eigenvalue weighted by atomic mass is 35.5. The van der Waals surface area contributed by atoms with Crippen LogP contribution in [0.2, 0.25) is 5.15 Å². The predicted octanol–water partition coefficient (Wildman–Crippen LogP) is 3.24. The molecule has 1 aliphatic heterocycles. The second-order valence-corrected chi connectivity index (χ2v) is 5.50. The first-order chi connectivity index (χ1) is 7.74. The lowest BCUT2D eigenvalue weighted by atomic mass is 9.96. The van der Waals surface area contributed by atoms with E-state index in [0.29, 0.717) is 10.0 Å². The van der Waals surface area contributed by atoms with E-state index in [4.69, 9.17) is 11.6 Å². The largest absolute Gasteiger partial charge is 0.348 e. The van der Waals surface area contributed by atoms with Crippen LogP contribution in [0.5, 0.6) is 0 Å². The van der Waals surface area contributed by atoms with Crippen molar-refractivity contribution in [2.45, 2.75) is 26.2 Å². The molecule has 1 aromatic rings. The Bertz CT molecular complexity index is 380. The Morgan fingerprint density at radius 1 is 1.69 bits per heavy atom. The van der Waals surface area contributed by atoms with Crippen molar-refractivity contribution in [3.63, 3.8) is 0 Å². The summed E-state index contributed by atoms with van der Waals surface area (Å²) in [5, 5.41) is 1.24. The molecular weight excluding hydrogens is 244 g/mol. The van der Waals surface area contributed by atoms with Gasteiger partial charge in [0.2, 0.25) is 0 Å².